The fraction of sp³-hybridized carbons (Fsp3) is 0.545. The van der Waals surface area contributed by atoms with Gasteiger partial charge >= 0.3 is 5.69 Å². The lowest BCUT2D eigenvalue weighted by Crippen LogP contribution is -2.35. The molecule has 0 amide bonds. The van der Waals surface area contributed by atoms with Gasteiger partial charge in [0, 0.05) is 31.9 Å². The molecule has 1 aromatic heterocycles. The summed E-state index contributed by atoms with van der Waals surface area (Å²) in [5.74, 6) is 0.436. The van der Waals surface area contributed by atoms with E-state index in [4.69, 9.17) is 0 Å². The van der Waals surface area contributed by atoms with Gasteiger partial charge in [0.15, 0.2) is 0 Å². The van der Waals surface area contributed by atoms with Gasteiger partial charge in [0.1, 0.15) is 0 Å². The number of nitrogens with one attached hydrogen (secondary N) is 1. The van der Waals surface area contributed by atoms with Gasteiger partial charge in [0.25, 0.3) is 0 Å². The average molecular weight is 236 g/mol. The van der Waals surface area contributed by atoms with Crippen molar-refractivity contribution < 1.29 is 4.92 Å². The first-order valence-corrected chi connectivity index (χ1v) is 5.72. The Morgan fingerprint density at radius 2 is 2.53 bits per heavy atom. The standard InChI is InChI=1S/C11H16N4O2/c1-14(8-9-4-2-6-12-9)11-10(15(16)17)5-3-7-13-11/h3,5,7,9,12H,2,4,6,8H2,1H3/t9-/m0/s1. The summed E-state index contributed by atoms with van der Waals surface area (Å²) in [6.07, 6.45) is 3.87. The molecular weight excluding hydrogens is 220 g/mol. The Balaban J connectivity index is 2.12. The van der Waals surface area contributed by atoms with Crippen molar-refractivity contribution in [2.75, 3.05) is 25.0 Å². The molecule has 0 radical (unpaired) electrons. The van der Waals surface area contributed by atoms with E-state index in [0.717, 1.165) is 19.5 Å². The SMILES string of the molecule is CN(C[C@@H]1CCCN1)c1ncccc1[N+](=O)[O-]. The molecule has 1 aliphatic heterocycles. The van der Waals surface area contributed by atoms with E-state index >= 15 is 0 Å². The molecule has 0 spiro atoms. The predicted octanol–water partition coefficient (Wildman–Crippen LogP) is 1.18. The molecule has 1 aliphatic rings. The first-order valence-electron chi connectivity index (χ1n) is 5.72. The third-order valence-electron chi connectivity index (χ3n) is 2.98. The van der Waals surface area contributed by atoms with Crippen LogP contribution in [0, 0.1) is 10.1 Å². The summed E-state index contributed by atoms with van der Waals surface area (Å²) in [6.45, 7) is 1.78. The molecule has 6 heteroatoms. The lowest BCUT2D eigenvalue weighted by atomic mass is 10.2. The fourth-order valence-electron chi connectivity index (χ4n) is 2.15. The summed E-state index contributed by atoms with van der Waals surface area (Å²) in [6, 6.07) is 3.48. The Kier molecular flexibility index (Phi) is 3.53. The number of aromatic nitrogens is 1. The van der Waals surface area contributed by atoms with Crippen LogP contribution < -0.4 is 10.2 Å². The Hall–Kier alpha value is -1.69. The number of nitrogens with zero attached hydrogens (tertiary/aromatic N) is 3. The maximum absolute atomic E-state index is 10.9. The van der Waals surface area contributed by atoms with Crippen LogP contribution in [0.5, 0.6) is 0 Å². The highest BCUT2D eigenvalue weighted by atomic mass is 16.6. The highest BCUT2D eigenvalue weighted by Crippen LogP contribution is 2.24. The monoisotopic (exact) mass is 236 g/mol. The van der Waals surface area contributed by atoms with E-state index in [9.17, 15) is 10.1 Å². The average Bonchev–Trinajstić information content (AvgIpc) is 2.81. The van der Waals surface area contributed by atoms with Crippen LogP contribution >= 0.6 is 0 Å². The fourth-order valence-corrected chi connectivity index (χ4v) is 2.15. The van der Waals surface area contributed by atoms with Crippen LogP contribution in [0.15, 0.2) is 18.3 Å². The van der Waals surface area contributed by atoms with E-state index in [2.05, 4.69) is 10.3 Å². The van der Waals surface area contributed by atoms with E-state index in [1.807, 2.05) is 11.9 Å². The predicted molar refractivity (Wildman–Crippen MR) is 65.2 cm³/mol. The normalized spacial score (nSPS) is 19.2. The van der Waals surface area contributed by atoms with Gasteiger partial charge in [-0.05, 0) is 25.5 Å². The number of hydrogen-bond donors (Lipinski definition) is 1. The quantitative estimate of drug-likeness (QED) is 0.627. The number of nitro groups is 1. The maximum Gasteiger partial charge on any atom is 0.311 e. The van der Waals surface area contributed by atoms with Crippen LogP contribution in [-0.2, 0) is 0 Å². The van der Waals surface area contributed by atoms with Crippen molar-refractivity contribution in [1.29, 1.82) is 0 Å². The van der Waals surface area contributed by atoms with Crippen molar-refractivity contribution in [2.24, 2.45) is 0 Å². The van der Waals surface area contributed by atoms with E-state index in [-0.39, 0.29) is 10.6 Å². The zero-order chi connectivity index (χ0) is 12.3. The second-order valence-corrected chi connectivity index (χ2v) is 4.28. The van der Waals surface area contributed by atoms with Gasteiger partial charge in [-0.1, -0.05) is 0 Å². The van der Waals surface area contributed by atoms with E-state index in [0.29, 0.717) is 11.9 Å². The highest BCUT2D eigenvalue weighted by molar-refractivity contribution is 5.56. The molecular formula is C11H16N4O2. The second kappa shape index (κ2) is 5.09. The van der Waals surface area contributed by atoms with Crippen LogP contribution in [0.3, 0.4) is 0 Å². The number of pyridine rings is 1. The van der Waals surface area contributed by atoms with Gasteiger partial charge in [-0.3, -0.25) is 10.1 Å². The summed E-state index contributed by atoms with van der Waals surface area (Å²) in [7, 11) is 1.84. The van der Waals surface area contributed by atoms with Gasteiger partial charge in [-0.15, -0.1) is 0 Å². The Morgan fingerprint density at radius 1 is 1.71 bits per heavy atom. The van der Waals surface area contributed by atoms with Gasteiger partial charge in [-0.2, -0.15) is 0 Å². The molecule has 0 aromatic carbocycles. The molecule has 1 fully saturated rings. The summed E-state index contributed by atoms with van der Waals surface area (Å²) >= 11 is 0. The largest absolute Gasteiger partial charge is 0.352 e. The van der Waals surface area contributed by atoms with Gasteiger partial charge in [-0.25, -0.2) is 4.98 Å². The minimum Gasteiger partial charge on any atom is -0.352 e. The summed E-state index contributed by atoms with van der Waals surface area (Å²) in [4.78, 5) is 16.4. The minimum atomic E-state index is -0.388. The van der Waals surface area contributed by atoms with Crippen LogP contribution in [0.1, 0.15) is 12.8 Å². The van der Waals surface area contributed by atoms with E-state index < -0.39 is 0 Å². The second-order valence-electron chi connectivity index (χ2n) is 4.28. The third-order valence-corrected chi connectivity index (χ3v) is 2.98. The van der Waals surface area contributed by atoms with Gasteiger partial charge < -0.3 is 10.2 Å². The minimum absolute atomic E-state index is 0.0630. The number of hydrogen-bond acceptors (Lipinski definition) is 5. The summed E-state index contributed by atoms with van der Waals surface area (Å²) < 4.78 is 0. The summed E-state index contributed by atoms with van der Waals surface area (Å²) in [5, 5.41) is 14.3. The molecule has 17 heavy (non-hydrogen) atoms. The molecule has 1 saturated heterocycles. The molecule has 1 atom stereocenters. The molecule has 0 saturated carbocycles. The first kappa shape index (κ1) is 11.8. The Labute approximate surface area is 99.8 Å². The van der Waals surface area contributed by atoms with Gasteiger partial charge in [0.2, 0.25) is 5.82 Å². The highest BCUT2D eigenvalue weighted by Gasteiger charge is 2.22. The smallest absolute Gasteiger partial charge is 0.311 e. The number of likely N-dealkylation sites (N-methyl/N-ethyl adjacent to an activating group) is 1. The molecule has 0 aliphatic carbocycles. The van der Waals surface area contributed by atoms with Crippen molar-refractivity contribution in [3.8, 4) is 0 Å². The number of anilines is 1. The van der Waals surface area contributed by atoms with Crippen molar-refractivity contribution in [3.05, 3.63) is 28.4 Å². The Morgan fingerprint density at radius 3 is 3.18 bits per heavy atom. The van der Waals surface area contributed by atoms with E-state index in [1.165, 1.54) is 12.5 Å². The molecule has 0 unspecified atom stereocenters. The van der Waals surface area contributed by atoms with Crippen LogP contribution in [0.2, 0.25) is 0 Å². The van der Waals surface area contributed by atoms with Crippen LogP contribution in [-0.4, -0.2) is 36.1 Å². The Bertz CT molecular complexity index is 404. The first-order chi connectivity index (χ1) is 8.18. The van der Waals surface area contributed by atoms with Crippen molar-refractivity contribution in [2.45, 2.75) is 18.9 Å². The molecule has 6 nitrogen and oxygen atoms in total. The number of rotatable bonds is 4. The zero-order valence-corrected chi connectivity index (χ0v) is 9.80. The topological polar surface area (TPSA) is 71.3 Å². The van der Waals surface area contributed by atoms with E-state index in [1.54, 1.807) is 12.3 Å². The molecule has 0 bridgehead atoms. The zero-order valence-electron chi connectivity index (χ0n) is 9.80. The van der Waals surface area contributed by atoms with Crippen LogP contribution in [0.25, 0.3) is 0 Å². The molecule has 1 N–H and O–H groups in total. The summed E-state index contributed by atoms with van der Waals surface area (Å²) in [5.41, 5.74) is 0.0630. The maximum atomic E-state index is 10.9. The molecule has 2 heterocycles. The van der Waals surface area contributed by atoms with Gasteiger partial charge in [0.05, 0.1) is 4.92 Å². The van der Waals surface area contributed by atoms with Crippen molar-refractivity contribution in [3.63, 3.8) is 0 Å². The molecule has 92 valence electrons. The molecule has 1 aromatic rings. The van der Waals surface area contributed by atoms with Crippen LogP contribution in [0.4, 0.5) is 11.5 Å². The lowest BCUT2D eigenvalue weighted by Gasteiger charge is -2.21. The molecule has 2 rings (SSSR count). The lowest BCUT2D eigenvalue weighted by molar-refractivity contribution is -0.384. The van der Waals surface area contributed by atoms with Crippen molar-refractivity contribution in [1.82, 2.24) is 10.3 Å². The third kappa shape index (κ3) is 2.71. The van der Waals surface area contributed by atoms with Crippen molar-refractivity contribution >= 4 is 11.5 Å².